The van der Waals surface area contributed by atoms with Crippen LogP contribution in [0.1, 0.15) is 48.3 Å². The number of fused-ring (bicyclic) bond motifs is 1. The van der Waals surface area contributed by atoms with Gasteiger partial charge in [-0.1, -0.05) is 18.2 Å². The van der Waals surface area contributed by atoms with Crippen molar-refractivity contribution in [1.29, 1.82) is 0 Å². The van der Waals surface area contributed by atoms with Gasteiger partial charge in [0.05, 0.1) is 29.1 Å². The molecule has 1 aliphatic heterocycles. The SMILES string of the molecule is CCOC(=O)c1ccccc1NC(C)c1cc(C)cc2c(=O)n(C)c(N3CCN(C(C)=O)CC3)nc12. The number of aryl methyl sites for hydroxylation is 1. The lowest BCUT2D eigenvalue weighted by Gasteiger charge is -2.35. The predicted molar refractivity (Wildman–Crippen MR) is 141 cm³/mol. The molecule has 1 aliphatic rings. The summed E-state index contributed by atoms with van der Waals surface area (Å²) >= 11 is 0. The van der Waals surface area contributed by atoms with Crippen LogP contribution in [0.4, 0.5) is 11.6 Å². The molecule has 0 spiro atoms. The molecule has 1 fully saturated rings. The Labute approximate surface area is 210 Å². The Hall–Kier alpha value is -3.88. The van der Waals surface area contributed by atoms with E-state index >= 15 is 0 Å². The summed E-state index contributed by atoms with van der Waals surface area (Å²) in [6.07, 6.45) is 0. The highest BCUT2D eigenvalue weighted by Gasteiger charge is 2.24. The molecule has 1 unspecified atom stereocenters. The topological polar surface area (TPSA) is 96.8 Å². The molecule has 0 aliphatic carbocycles. The summed E-state index contributed by atoms with van der Waals surface area (Å²) in [6.45, 7) is 9.97. The van der Waals surface area contributed by atoms with E-state index < -0.39 is 0 Å². The zero-order valence-electron chi connectivity index (χ0n) is 21.5. The van der Waals surface area contributed by atoms with Crippen LogP contribution in [0, 0.1) is 6.92 Å². The molecule has 190 valence electrons. The number of hydrogen-bond donors (Lipinski definition) is 1. The number of aromatic nitrogens is 2. The van der Waals surface area contributed by atoms with Gasteiger partial charge in [-0.2, -0.15) is 0 Å². The monoisotopic (exact) mass is 491 g/mol. The maximum absolute atomic E-state index is 13.4. The number of hydrogen-bond acceptors (Lipinski definition) is 7. The number of esters is 1. The van der Waals surface area contributed by atoms with Gasteiger partial charge in [0.15, 0.2) is 0 Å². The van der Waals surface area contributed by atoms with Gasteiger partial charge in [0.2, 0.25) is 11.9 Å². The number of carbonyl (C=O) groups is 2. The minimum Gasteiger partial charge on any atom is -0.462 e. The third-order valence-corrected chi connectivity index (χ3v) is 6.60. The lowest BCUT2D eigenvalue weighted by molar-refractivity contribution is -0.129. The Morgan fingerprint density at radius 2 is 1.83 bits per heavy atom. The van der Waals surface area contributed by atoms with E-state index in [4.69, 9.17) is 9.72 Å². The molecule has 2 heterocycles. The number of benzene rings is 2. The molecule has 0 bridgehead atoms. The Morgan fingerprint density at radius 3 is 2.50 bits per heavy atom. The summed E-state index contributed by atoms with van der Waals surface area (Å²) < 4.78 is 6.80. The minimum atomic E-state index is -0.388. The van der Waals surface area contributed by atoms with Crippen LogP contribution in [-0.2, 0) is 16.6 Å². The van der Waals surface area contributed by atoms with Crippen molar-refractivity contribution in [1.82, 2.24) is 14.5 Å². The molecular formula is C27H33N5O4. The van der Waals surface area contributed by atoms with Crippen molar-refractivity contribution in [2.45, 2.75) is 33.7 Å². The molecule has 0 radical (unpaired) electrons. The van der Waals surface area contributed by atoms with Gasteiger partial charge in [-0.3, -0.25) is 14.2 Å². The normalized spacial score (nSPS) is 14.6. The number of ether oxygens (including phenoxy) is 1. The van der Waals surface area contributed by atoms with Crippen molar-refractivity contribution in [2.75, 3.05) is 43.0 Å². The molecule has 1 N–H and O–H groups in total. The summed E-state index contributed by atoms with van der Waals surface area (Å²) in [5, 5.41) is 3.98. The zero-order chi connectivity index (χ0) is 26.0. The highest BCUT2D eigenvalue weighted by atomic mass is 16.5. The van der Waals surface area contributed by atoms with Crippen molar-refractivity contribution in [3.63, 3.8) is 0 Å². The summed E-state index contributed by atoms with van der Waals surface area (Å²) in [4.78, 5) is 46.5. The van der Waals surface area contributed by atoms with Crippen LogP contribution in [-0.4, -0.2) is 59.1 Å². The lowest BCUT2D eigenvalue weighted by Crippen LogP contribution is -2.49. The van der Waals surface area contributed by atoms with Gasteiger partial charge in [0.25, 0.3) is 5.56 Å². The average Bonchev–Trinajstić information content (AvgIpc) is 2.86. The highest BCUT2D eigenvalue weighted by molar-refractivity contribution is 5.96. The number of piperazine rings is 1. The second-order valence-corrected chi connectivity index (χ2v) is 9.15. The highest BCUT2D eigenvalue weighted by Crippen LogP contribution is 2.29. The maximum atomic E-state index is 13.4. The van der Waals surface area contributed by atoms with E-state index in [9.17, 15) is 14.4 Å². The van der Waals surface area contributed by atoms with Gasteiger partial charge in [0.1, 0.15) is 0 Å². The Bertz CT molecular complexity index is 1360. The first-order valence-electron chi connectivity index (χ1n) is 12.3. The first-order chi connectivity index (χ1) is 17.2. The third kappa shape index (κ3) is 4.91. The first-order valence-corrected chi connectivity index (χ1v) is 12.3. The molecule has 1 aromatic heterocycles. The molecule has 36 heavy (non-hydrogen) atoms. The second kappa shape index (κ2) is 10.4. The number of rotatable bonds is 6. The second-order valence-electron chi connectivity index (χ2n) is 9.15. The van der Waals surface area contributed by atoms with Crippen molar-refractivity contribution >= 4 is 34.4 Å². The Balaban J connectivity index is 1.74. The Kier molecular flexibility index (Phi) is 7.28. The number of carbonyl (C=O) groups excluding carboxylic acids is 2. The van der Waals surface area contributed by atoms with Crippen molar-refractivity contribution < 1.29 is 14.3 Å². The van der Waals surface area contributed by atoms with Gasteiger partial charge in [0, 0.05) is 51.4 Å². The van der Waals surface area contributed by atoms with Gasteiger partial charge >= 0.3 is 5.97 Å². The smallest absolute Gasteiger partial charge is 0.340 e. The fourth-order valence-electron chi connectivity index (χ4n) is 4.68. The first kappa shape index (κ1) is 25.2. The minimum absolute atomic E-state index is 0.0516. The van der Waals surface area contributed by atoms with Crippen molar-refractivity contribution in [2.24, 2.45) is 7.05 Å². The van der Waals surface area contributed by atoms with Crippen LogP contribution in [0.15, 0.2) is 41.2 Å². The standard InChI is InChI=1S/C27H33N5O4/c1-6-36-26(35)20-9-7-8-10-23(20)28-18(3)21-15-17(2)16-22-24(21)29-27(30(5)25(22)34)32-13-11-31(12-14-32)19(4)33/h7-10,15-16,18,28H,6,11-14H2,1-5H3. The van der Waals surface area contributed by atoms with Crippen molar-refractivity contribution in [3.8, 4) is 0 Å². The summed E-state index contributed by atoms with van der Waals surface area (Å²) in [7, 11) is 1.74. The molecule has 1 atom stereocenters. The van der Waals surface area contributed by atoms with E-state index in [1.165, 1.54) is 0 Å². The predicted octanol–water partition coefficient (Wildman–Crippen LogP) is 3.26. The molecule has 0 saturated carbocycles. The maximum Gasteiger partial charge on any atom is 0.340 e. The van der Waals surface area contributed by atoms with E-state index in [0.717, 1.165) is 11.1 Å². The molecule has 3 aromatic rings. The number of para-hydroxylation sites is 1. The van der Waals surface area contributed by atoms with Crippen molar-refractivity contribution in [3.05, 3.63) is 63.4 Å². The molecule has 4 rings (SSSR count). The van der Waals surface area contributed by atoms with Crippen LogP contribution in [0.3, 0.4) is 0 Å². The quantitative estimate of drug-likeness (QED) is 0.529. The van der Waals surface area contributed by atoms with E-state index in [1.54, 1.807) is 42.5 Å². The van der Waals surface area contributed by atoms with E-state index in [2.05, 4.69) is 10.2 Å². The molecule has 2 aromatic carbocycles. The zero-order valence-corrected chi connectivity index (χ0v) is 21.5. The Morgan fingerprint density at radius 1 is 1.14 bits per heavy atom. The largest absolute Gasteiger partial charge is 0.462 e. The third-order valence-electron chi connectivity index (χ3n) is 6.60. The molecule has 9 heteroatoms. The van der Waals surface area contributed by atoms with E-state index in [1.807, 2.05) is 38.1 Å². The van der Waals surface area contributed by atoms with Gasteiger partial charge in [-0.25, -0.2) is 9.78 Å². The van der Waals surface area contributed by atoms with Gasteiger partial charge in [-0.15, -0.1) is 0 Å². The molecular weight excluding hydrogens is 458 g/mol. The average molecular weight is 492 g/mol. The number of anilines is 2. The van der Waals surface area contributed by atoms with Gasteiger partial charge < -0.3 is 19.9 Å². The number of nitrogens with zero attached hydrogens (tertiary/aromatic N) is 4. The van der Waals surface area contributed by atoms with E-state index in [-0.39, 0.29) is 23.5 Å². The number of amides is 1. The summed E-state index contributed by atoms with van der Waals surface area (Å²) in [6, 6.07) is 10.9. The summed E-state index contributed by atoms with van der Waals surface area (Å²) in [5.74, 6) is 0.247. The van der Waals surface area contributed by atoms with Crippen LogP contribution in [0.25, 0.3) is 10.9 Å². The van der Waals surface area contributed by atoms with Crippen LogP contribution in [0.2, 0.25) is 0 Å². The number of nitrogens with one attached hydrogen (secondary N) is 1. The van der Waals surface area contributed by atoms with Crippen LogP contribution >= 0.6 is 0 Å². The van der Waals surface area contributed by atoms with E-state index in [0.29, 0.717) is 60.9 Å². The summed E-state index contributed by atoms with van der Waals surface area (Å²) in [5.41, 5.74) is 3.43. The molecule has 1 saturated heterocycles. The van der Waals surface area contributed by atoms with Crippen LogP contribution in [0.5, 0.6) is 0 Å². The fraction of sp³-hybridized carbons (Fsp3) is 0.407. The molecule has 9 nitrogen and oxygen atoms in total. The molecule has 1 amide bonds. The van der Waals surface area contributed by atoms with Crippen LogP contribution < -0.4 is 15.8 Å². The van der Waals surface area contributed by atoms with Gasteiger partial charge in [-0.05, 0) is 44.5 Å². The lowest BCUT2D eigenvalue weighted by atomic mass is 10.0. The fourth-order valence-corrected chi connectivity index (χ4v) is 4.68.